The fourth-order valence-corrected chi connectivity index (χ4v) is 3.13. The van der Waals surface area contributed by atoms with Crippen LogP contribution in [-0.4, -0.2) is 48.9 Å². The number of carbonyl (C=O) groups is 2. The first-order chi connectivity index (χ1) is 12.0. The zero-order chi connectivity index (χ0) is 17.8. The fourth-order valence-electron chi connectivity index (χ4n) is 3.13. The highest BCUT2D eigenvalue weighted by Gasteiger charge is 2.27. The van der Waals surface area contributed by atoms with Crippen molar-refractivity contribution in [2.45, 2.75) is 12.3 Å². The summed E-state index contributed by atoms with van der Waals surface area (Å²) in [5, 5.41) is 2.91. The number of hydrogen-bond acceptors (Lipinski definition) is 2. The van der Waals surface area contributed by atoms with E-state index in [0.29, 0.717) is 23.7 Å². The molecule has 130 valence electrons. The van der Waals surface area contributed by atoms with Crippen LogP contribution in [0.4, 0.5) is 10.5 Å². The van der Waals surface area contributed by atoms with Crippen LogP contribution in [0.2, 0.25) is 0 Å². The highest BCUT2D eigenvalue weighted by Crippen LogP contribution is 2.27. The molecular formula is C20H23N3O2. The number of hydrogen-bond donors (Lipinski definition) is 1. The third kappa shape index (κ3) is 3.99. The number of urea groups is 1. The fraction of sp³-hybridized carbons (Fsp3) is 0.300. The van der Waals surface area contributed by atoms with E-state index >= 15 is 0 Å². The van der Waals surface area contributed by atoms with Gasteiger partial charge in [-0.25, -0.2) is 4.79 Å². The van der Waals surface area contributed by atoms with Crippen LogP contribution in [0.1, 0.15) is 28.3 Å². The molecule has 0 radical (unpaired) electrons. The lowest BCUT2D eigenvalue weighted by Gasteiger charge is -2.18. The molecule has 25 heavy (non-hydrogen) atoms. The molecular weight excluding hydrogens is 314 g/mol. The number of nitrogens with one attached hydrogen (secondary N) is 1. The van der Waals surface area contributed by atoms with E-state index in [1.807, 2.05) is 23.1 Å². The summed E-state index contributed by atoms with van der Waals surface area (Å²) in [6.07, 6.45) is 0.969. The Bertz CT molecular complexity index is 759. The average Bonchev–Trinajstić information content (AvgIpc) is 3.12. The lowest BCUT2D eigenvalue weighted by molar-refractivity contribution is 0.0827. The first-order valence-corrected chi connectivity index (χ1v) is 8.47. The quantitative estimate of drug-likeness (QED) is 0.933. The van der Waals surface area contributed by atoms with Crippen LogP contribution in [0.3, 0.4) is 0 Å². The Labute approximate surface area is 148 Å². The Hall–Kier alpha value is -2.82. The van der Waals surface area contributed by atoms with Gasteiger partial charge in [-0.15, -0.1) is 0 Å². The molecule has 0 aromatic heterocycles. The van der Waals surface area contributed by atoms with Crippen molar-refractivity contribution in [1.82, 2.24) is 9.80 Å². The summed E-state index contributed by atoms with van der Waals surface area (Å²) < 4.78 is 0. The van der Waals surface area contributed by atoms with E-state index in [0.717, 1.165) is 13.0 Å². The van der Waals surface area contributed by atoms with Crippen LogP contribution in [0.5, 0.6) is 0 Å². The molecule has 1 aliphatic heterocycles. The Balaban J connectivity index is 1.63. The van der Waals surface area contributed by atoms with Gasteiger partial charge in [-0.2, -0.15) is 0 Å². The Kier molecular flexibility index (Phi) is 5.03. The Morgan fingerprint density at radius 3 is 2.56 bits per heavy atom. The van der Waals surface area contributed by atoms with E-state index in [2.05, 4.69) is 17.4 Å². The molecule has 0 aliphatic carbocycles. The number of amides is 3. The van der Waals surface area contributed by atoms with E-state index in [1.165, 1.54) is 10.5 Å². The molecule has 0 unspecified atom stereocenters. The second kappa shape index (κ2) is 7.38. The van der Waals surface area contributed by atoms with E-state index in [4.69, 9.17) is 0 Å². The molecule has 5 nitrogen and oxygen atoms in total. The highest BCUT2D eigenvalue weighted by atomic mass is 16.2. The predicted molar refractivity (Wildman–Crippen MR) is 98.9 cm³/mol. The molecule has 1 heterocycles. The van der Waals surface area contributed by atoms with Crippen molar-refractivity contribution < 1.29 is 9.59 Å². The molecule has 0 bridgehead atoms. The van der Waals surface area contributed by atoms with Crippen LogP contribution < -0.4 is 5.32 Å². The summed E-state index contributed by atoms with van der Waals surface area (Å²) >= 11 is 0. The van der Waals surface area contributed by atoms with E-state index in [9.17, 15) is 9.59 Å². The average molecular weight is 337 g/mol. The van der Waals surface area contributed by atoms with E-state index in [-0.39, 0.29) is 11.9 Å². The molecule has 1 atom stereocenters. The molecule has 0 spiro atoms. The molecule has 3 rings (SSSR count). The van der Waals surface area contributed by atoms with Gasteiger partial charge < -0.3 is 15.1 Å². The molecule has 5 heteroatoms. The number of nitrogens with zero attached hydrogens (tertiary/aromatic N) is 2. The van der Waals surface area contributed by atoms with Crippen molar-refractivity contribution >= 4 is 17.6 Å². The maximum Gasteiger partial charge on any atom is 0.321 e. The zero-order valence-corrected chi connectivity index (χ0v) is 14.6. The second-order valence-electron chi connectivity index (χ2n) is 6.55. The van der Waals surface area contributed by atoms with Crippen LogP contribution in [-0.2, 0) is 0 Å². The molecule has 0 saturated carbocycles. The van der Waals surface area contributed by atoms with Crippen molar-refractivity contribution in [1.29, 1.82) is 0 Å². The largest absolute Gasteiger partial charge is 0.345 e. The number of anilines is 1. The van der Waals surface area contributed by atoms with Gasteiger partial charge in [0.15, 0.2) is 0 Å². The summed E-state index contributed by atoms with van der Waals surface area (Å²) in [7, 11) is 3.42. The highest BCUT2D eigenvalue weighted by molar-refractivity contribution is 5.96. The van der Waals surface area contributed by atoms with Crippen LogP contribution in [0.15, 0.2) is 54.6 Å². The van der Waals surface area contributed by atoms with Gasteiger partial charge in [0, 0.05) is 44.4 Å². The van der Waals surface area contributed by atoms with Gasteiger partial charge in [0.05, 0.1) is 0 Å². The summed E-state index contributed by atoms with van der Waals surface area (Å²) in [6, 6.07) is 17.2. The third-order valence-corrected chi connectivity index (χ3v) is 4.51. The molecule has 1 fully saturated rings. The molecule has 1 aliphatic rings. The zero-order valence-electron chi connectivity index (χ0n) is 14.6. The van der Waals surface area contributed by atoms with Crippen molar-refractivity contribution in [3.63, 3.8) is 0 Å². The predicted octanol–water partition coefficient (Wildman–Crippen LogP) is 3.41. The first kappa shape index (κ1) is 17.0. The summed E-state index contributed by atoms with van der Waals surface area (Å²) in [4.78, 5) is 27.9. The van der Waals surface area contributed by atoms with Crippen LogP contribution in [0.25, 0.3) is 0 Å². The van der Waals surface area contributed by atoms with Gasteiger partial charge in [-0.1, -0.05) is 36.4 Å². The van der Waals surface area contributed by atoms with E-state index < -0.39 is 0 Å². The van der Waals surface area contributed by atoms with Gasteiger partial charge >= 0.3 is 6.03 Å². The standard InChI is InChI=1S/C20H23N3O2/c1-22(2)19(24)16-9-6-10-18(13-16)21-20(25)23-12-11-17(14-23)15-7-4-3-5-8-15/h3-10,13,17H,11-12,14H2,1-2H3,(H,21,25)/t17-/m0/s1. The maximum atomic E-state index is 12.5. The topological polar surface area (TPSA) is 52.7 Å². The third-order valence-electron chi connectivity index (χ3n) is 4.51. The van der Waals surface area contributed by atoms with Gasteiger partial charge in [0.1, 0.15) is 0 Å². The number of rotatable bonds is 3. The molecule has 2 aromatic rings. The smallest absolute Gasteiger partial charge is 0.321 e. The summed E-state index contributed by atoms with van der Waals surface area (Å²) in [5.74, 6) is 0.301. The molecule has 3 amide bonds. The minimum absolute atomic E-state index is 0.0820. The van der Waals surface area contributed by atoms with Crippen molar-refractivity contribution in [3.8, 4) is 0 Å². The maximum absolute atomic E-state index is 12.5. The first-order valence-electron chi connectivity index (χ1n) is 8.47. The van der Waals surface area contributed by atoms with Crippen molar-refractivity contribution in [3.05, 3.63) is 65.7 Å². The summed E-state index contributed by atoms with van der Waals surface area (Å²) in [6.45, 7) is 1.45. The second-order valence-corrected chi connectivity index (χ2v) is 6.55. The SMILES string of the molecule is CN(C)C(=O)c1cccc(NC(=O)N2CC[C@H](c3ccccc3)C2)c1. The van der Waals surface area contributed by atoms with Crippen LogP contribution in [0, 0.1) is 0 Å². The molecule has 1 saturated heterocycles. The van der Waals surface area contributed by atoms with Crippen LogP contribution >= 0.6 is 0 Å². The normalized spacial score (nSPS) is 16.6. The Morgan fingerprint density at radius 2 is 1.84 bits per heavy atom. The molecule has 1 N–H and O–H groups in total. The Morgan fingerprint density at radius 1 is 1.08 bits per heavy atom. The lowest BCUT2D eigenvalue weighted by Crippen LogP contribution is -2.32. The summed E-state index contributed by atoms with van der Waals surface area (Å²) in [5.41, 5.74) is 2.48. The van der Waals surface area contributed by atoms with Gasteiger partial charge in [0.2, 0.25) is 0 Å². The monoisotopic (exact) mass is 337 g/mol. The lowest BCUT2D eigenvalue weighted by atomic mass is 9.99. The molecule has 2 aromatic carbocycles. The minimum atomic E-state index is -0.118. The van der Waals surface area contributed by atoms with Gasteiger partial charge in [-0.05, 0) is 30.2 Å². The number of benzene rings is 2. The minimum Gasteiger partial charge on any atom is -0.345 e. The number of likely N-dealkylation sites (tertiary alicyclic amines) is 1. The van der Waals surface area contributed by atoms with Crippen molar-refractivity contribution in [2.75, 3.05) is 32.5 Å². The number of carbonyl (C=O) groups excluding carboxylic acids is 2. The van der Waals surface area contributed by atoms with Gasteiger partial charge in [0.25, 0.3) is 5.91 Å². The van der Waals surface area contributed by atoms with Crippen molar-refractivity contribution in [2.24, 2.45) is 0 Å². The van der Waals surface area contributed by atoms with Gasteiger partial charge in [-0.3, -0.25) is 4.79 Å². The van der Waals surface area contributed by atoms with E-state index in [1.54, 1.807) is 38.4 Å².